The van der Waals surface area contributed by atoms with Gasteiger partial charge in [-0.3, -0.25) is 9.69 Å². The Morgan fingerprint density at radius 2 is 2.10 bits per heavy atom. The molecule has 1 aromatic carbocycles. The molecule has 5 nitrogen and oxygen atoms in total. The molecular formula is C16H23N3O2. The van der Waals surface area contributed by atoms with Crippen molar-refractivity contribution in [3.63, 3.8) is 0 Å². The van der Waals surface area contributed by atoms with Crippen LogP contribution in [0, 0.1) is 0 Å². The van der Waals surface area contributed by atoms with Gasteiger partial charge in [-0.2, -0.15) is 0 Å². The zero-order valence-corrected chi connectivity index (χ0v) is 12.3. The summed E-state index contributed by atoms with van der Waals surface area (Å²) in [6.45, 7) is 3.83. The molecule has 1 amide bonds. The summed E-state index contributed by atoms with van der Waals surface area (Å²) in [5.74, 6) is 0.569. The number of nitrogen functional groups attached to an aromatic ring is 1. The van der Waals surface area contributed by atoms with E-state index in [4.69, 9.17) is 10.5 Å². The Morgan fingerprint density at radius 3 is 2.81 bits per heavy atom. The zero-order valence-electron chi connectivity index (χ0n) is 12.3. The number of carbonyl (C=O) groups excluding carboxylic acids is 1. The van der Waals surface area contributed by atoms with Gasteiger partial charge in [0.05, 0.1) is 5.69 Å². The van der Waals surface area contributed by atoms with E-state index in [1.807, 2.05) is 0 Å². The van der Waals surface area contributed by atoms with E-state index in [0.29, 0.717) is 29.6 Å². The van der Waals surface area contributed by atoms with Crippen LogP contribution in [0.25, 0.3) is 0 Å². The predicted octanol–water partition coefficient (Wildman–Crippen LogP) is 1.64. The second-order valence-corrected chi connectivity index (χ2v) is 5.90. The van der Waals surface area contributed by atoms with Crippen LogP contribution < -0.4 is 15.8 Å². The smallest absolute Gasteiger partial charge is 0.251 e. The second kappa shape index (κ2) is 6.35. The normalized spacial score (nSPS) is 18.7. The molecule has 1 saturated carbocycles. The minimum absolute atomic E-state index is 0.0399. The summed E-state index contributed by atoms with van der Waals surface area (Å²) < 4.78 is 5.76. The standard InChI is InChI=1S/C16H23N3O2/c17-14-6-3-12(16(20)18-13-4-5-13)11-15(14)21-10-9-19-7-1-2-8-19/h3,6,11,13H,1-2,4-5,7-10,17H2,(H,18,20). The predicted molar refractivity (Wildman–Crippen MR) is 82.5 cm³/mol. The van der Waals surface area contributed by atoms with E-state index in [0.717, 1.165) is 32.5 Å². The number of rotatable bonds is 6. The molecule has 1 aliphatic heterocycles. The highest BCUT2D eigenvalue weighted by atomic mass is 16.5. The number of benzene rings is 1. The third-order valence-corrected chi connectivity index (χ3v) is 4.05. The van der Waals surface area contributed by atoms with E-state index in [1.54, 1.807) is 18.2 Å². The molecule has 1 saturated heterocycles. The van der Waals surface area contributed by atoms with Gasteiger partial charge in [0.25, 0.3) is 5.91 Å². The molecule has 1 aliphatic carbocycles. The Hall–Kier alpha value is -1.75. The summed E-state index contributed by atoms with van der Waals surface area (Å²) >= 11 is 0. The van der Waals surface area contributed by atoms with Gasteiger partial charge in [0.1, 0.15) is 12.4 Å². The molecule has 1 heterocycles. The first kappa shape index (κ1) is 14.2. The molecule has 114 valence electrons. The third kappa shape index (κ3) is 3.88. The third-order valence-electron chi connectivity index (χ3n) is 4.05. The highest BCUT2D eigenvalue weighted by molar-refractivity contribution is 5.95. The number of nitrogens with one attached hydrogen (secondary N) is 1. The van der Waals surface area contributed by atoms with Gasteiger partial charge in [-0.05, 0) is 57.0 Å². The number of anilines is 1. The lowest BCUT2D eigenvalue weighted by Gasteiger charge is -2.16. The molecule has 3 N–H and O–H groups in total. The molecule has 0 spiro atoms. The maximum Gasteiger partial charge on any atom is 0.251 e. The van der Waals surface area contributed by atoms with Crippen molar-refractivity contribution in [2.24, 2.45) is 0 Å². The van der Waals surface area contributed by atoms with Crippen molar-refractivity contribution >= 4 is 11.6 Å². The van der Waals surface area contributed by atoms with Crippen LogP contribution in [0.5, 0.6) is 5.75 Å². The van der Waals surface area contributed by atoms with Crippen molar-refractivity contribution in [3.8, 4) is 5.75 Å². The molecule has 0 aromatic heterocycles. The second-order valence-electron chi connectivity index (χ2n) is 5.90. The summed E-state index contributed by atoms with van der Waals surface area (Å²) in [7, 11) is 0. The fourth-order valence-electron chi connectivity index (χ4n) is 2.59. The number of carbonyl (C=O) groups is 1. The molecule has 3 rings (SSSR count). The minimum Gasteiger partial charge on any atom is -0.490 e. The Labute approximate surface area is 125 Å². The number of nitrogens with two attached hydrogens (primary N) is 1. The number of nitrogens with zero attached hydrogens (tertiary/aromatic N) is 1. The average Bonchev–Trinajstić information content (AvgIpc) is 3.13. The van der Waals surface area contributed by atoms with Gasteiger partial charge in [0.2, 0.25) is 0 Å². The van der Waals surface area contributed by atoms with Crippen LogP contribution in [0.15, 0.2) is 18.2 Å². The molecular weight excluding hydrogens is 266 g/mol. The molecule has 21 heavy (non-hydrogen) atoms. The Bertz CT molecular complexity index is 508. The lowest BCUT2D eigenvalue weighted by molar-refractivity contribution is 0.0950. The van der Waals surface area contributed by atoms with Crippen LogP contribution in [0.2, 0.25) is 0 Å². The molecule has 0 radical (unpaired) electrons. The summed E-state index contributed by atoms with van der Waals surface area (Å²) in [4.78, 5) is 14.4. The Balaban J connectivity index is 1.56. The molecule has 1 aromatic rings. The topological polar surface area (TPSA) is 67.6 Å². The van der Waals surface area contributed by atoms with E-state index in [-0.39, 0.29) is 5.91 Å². The molecule has 0 bridgehead atoms. The van der Waals surface area contributed by atoms with Crippen LogP contribution in [0.1, 0.15) is 36.0 Å². The van der Waals surface area contributed by atoms with Crippen molar-refractivity contribution in [3.05, 3.63) is 23.8 Å². The van der Waals surface area contributed by atoms with Crippen molar-refractivity contribution in [2.75, 3.05) is 32.0 Å². The first-order chi connectivity index (χ1) is 10.2. The van der Waals surface area contributed by atoms with Gasteiger partial charge >= 0.3 is 0 Å². The molecule has 5 heteroatoms. The summed E-state index contributed by atoms with van der Waals surface area (Å²) in [5, 5.41) is 2.97. The van der Waals surface area contributed by atoms with E-state index < -0.39 is 0 Å². The Morgan fingerprint density at radius 1 is 1.33 bits per heavy atom. The lowest BCUT2D eigenvalue weighted by atomic mass is 10.2. The quantitative estimate of drug-likeness (QED) is 0.781. The van der Waals surface area contributed by atoms with Gasteiger partial charge in [0, 0.05) is 18.2 Å². The SMILES string of the molecule is Nc1ccc(C(=O)NC2CC2)cc1OCCN1CCCC1. The monoisotopic (exact) mass is 289 g/mol. The first-order valence-corrected chi connectivity index (χ1v) is 7.78. The van der Waals surface area contributed by atoms with Crippen molar-refractivity contribution in [1.29, 1.82) is 0 Å². The van der Waals surface area contributed by atoms with E-state index >= 15 is 0 Å². The lowest BCUT2D eigenvalue weighted by Crippen LogP contribution is -2.26. The summed E-state index contributed by atoms with van der Waals surface area (Å²) in [6, 6.07) is 5.60. The number of amides is 1. The highest BCUT2D eigenvalue weighted by Crippen LogP contribution is 2.24. The molecule has 2 aliphatic rings. The summed E-state index contributed by atoms with van der Waals surface area (Å²) in [6.07, 6.45) is 4.72. The van der Waals surface area contributed by atoms with Crippen LogP contribution >= 0.6 is 0 Å². The van der Waals surface area contributed by atoms with Gasteiger partial charge in [-0.15, -0.1) is 0 Å². The van der Waals surface area contributed by atoms with Gasteiger partial charge in [-0.1, -0.05) is 0 Å². The van der Waals surface area contributed by atoms with Crippen molar-refractivity contribution in [1.82, 2.24) is 10.2 Å². The fraction of sp³-hybridized carbons (Fsp3) is 0.562. The van der Waals surface area contributed by atoms with E-state index in [9.17, 15) is 4.79 Å². The summed E-state index contributed by atoms with van der Waals surface area (Å²) in [5.41, 5.74) is 7.13. The average molecular weight is 289 g/mol. The molecule has 2 fully saturated rings. The van der Waals surface area contributed by atoms with Crippen LogP contribution in [-0.2, 0) is 0 Å². The fourth-order valence-corrected chi connectivity index (χ4v) is 2.59. The number of hydrogen-bond donors (Lipinski definition) is 2. The first-order valence-electron chi connectivity index (χ1n) is 7.78. The number of likely N-dealkylation sites (tertiary alicyclic amines) is 1. The van der Waals surface area contributed by atoms with Crippen LogP contribution in [0.4, 0.5) is 5.69 Å². The minimum atomic E-state index is -0.0399. The van der Waals surface area contributed by atoms with Crippen molar-refractivity contribution < 1.29 is 9.53 Å². The Kier molecular flexibility index (Phi) is 4.29. The number of ether oxygens (including phenoxy) is 1. The largest absolute Gasteiger partial charge is 0.490 e. The van der Waals surface area contributed by atoms with E-state index in [2.05, 4.69) is 10.2 Å². The van der Waals surface area contributed by atoms with Crippen LogP contribution in [-0.4, -0.2) is 43.1 Å². The zero-order chi connectivity index (χ0) is 14.7. The highest BCUT2D eigenvalue weighted by Gasteiger charge is 2.24. The maximum absolute atomic E-state index is 12.0. The molecule has 0 unspecified atom stereocenters. The molecule has 0 atom stereocenters. The van der Waals surface area contributed by atoms with Gasteiger partial charge in [0.15, 0.2) is 0 Å². The van der Waals surface area contributed by atoms with E-state index in [1.165, 1.54) is 12.8 Å². The van der Waals surface area contributed by atoms with Crippen LogP contribution in [0.3, 0.4) is 0 Å². The van der Waals surface area contributed by atoms with Gasteiger partial charge < -0.3 is 15.8 Å². The van der Waals surface area contributed by atoms with Crippen molar-refractivity contribution in [2.45, 2.75) is 31.7 Å². The van der Waals surface area contributed by atoms with Gasteiger partial charge in [-0.25, -0.2) is 0 Å². The number of hydrogen-bond acceptors (Lipinski definition) is 4. The maximum atomic E-state index is 12.0.